The van der Waals surface area contributed by atoms with E-state index in [9.17, 15) is 32.8 Å². The number of hydrogen-bond acceptors (Lipinski definition) is 5. The molecule has 1 aliphatic rings. The molecular weight excluding hydrogens is 475 g/mol. The van der Waals surface area contributed by atoms with E-state index in [2.05, 4.69) is 16.0 Å². The van der Waals surface area contributed by atoms with Crippen molar-refractivity contribution >= 4 is 17.7 Å². The summed E-state index contributed by atoms with van der Waals surface area (Å²) in [4.78, 5) is 39.8. The lowest BCUT2D eigenvalue weighted by Gasteiger charge is -2.30. The number of likely N-dealkylation sites (N-methyl/N-ethyl adjacent to an activating group) is 1. The highest BCUT2D eigenvalue weighted by molar-refractivity contribution is 5.90. The highest BCUT2D eigenvalue weighted by atomic mass is 19.4. The number of alkyl halides is 3. The van der Waals surface area contributed by atoms with Gasteiger partial charge in [0.25, 0.3) is 0 Å². The van der Waals surface area contributed by atoms with Gasteiger partial charge in [-0.15, -0.1) is 0 Å². The molecule has 36 heavy (non-hydrogen) atoms. The SMILES string of the molecule is CN(C)[C@@H](C(=O)N[C@@H](CC(C)(C)C)C(=O)N[C@H](C#N)C[C@@H]1CCNC1=O)c1ccc(C(F)(F)F)cc1. The maximum Gasteiger partial charge on any atom is 0.416 e. The van der Waals surface area contributed by atoms with Gasteiger partial charge in [0.05, 0.1) is 11.6 Å². The summed E-state index contributed by atoms with van der Waals surface area (Å²) in [5, 5.41) is 17.6. The van der Waals surface area contributed by atoms with Crippen LogP contribution >= 0.6 is 0 Å². The maximum atomic E-state index is 13.3. The summed E-state index contributed by atoms with van der Waals surface area (Å²) in [7, 11) is 3.22. The molecule has 4 atom stereocenters. The molecular formula is C25H34F3N5O3. The van der Waals surface area contributed by atoms with Gasteiger partial charge in [0.1, 0.15) is 18.1 Å². The van der Waals surface area contributed by atoms with Gasteiger partial charge in [-0.2, -0.15) is 18.4 Å². The first-order valence-electron chi connectivity index (χ1n) is 11.7. The summed E-state index contributed by atoms with van der Waals surface area (Å²) >= 11 is 0. The number of carbonyl (C=O) groups excluding carboxylic acids is 3. The molecule has 0 unspecified atom stereocenters. The van der Waals surface area contributed by atoms with Crippen molar-refractivity contribution in [2.24, 2.45) is 11.3 Å². The van der Waals surface area contributed by atoms with E-state index >= 15 is 0 Å². The molecule has 0 saturated carbocycles. The number of rotatable bonds is 9. The molecule has 3 amide bonds. The van der Waals surface area contributed by atoms with Crippen LogP contribution in [0.5, 0.6) is 0 Å². The van der Waals surface area contributed by atoms with E-state index in [-0.39, 0.29) is 30.1 Å². The van der Waals surface area contributed by atoms with Crippen LogP contribution in [0.1, 0.15) is 57.2 Å². The van der Waals surface area contributed by atoms with Gasteiger partial charge in [-0.1, -0.05) is 32.9 Å². The first-order chi connectivity index (χ1) is 16.6. The number of nitrogens with zero attached hydrogens (tertiary/aromatic N) is 2. The fourth-order valence-electron chi connectivity index (χ4n) is 4.18. The van der Waals surface area contributed by atoms with Crippen molar-refractivity contribution in [2.45, 2.75) is 64.3 Å². The molecule has 1 saturated heterocycles. The average molecular weight is 510 g/mol. The number of amides is 3. The van der Waals surface area contributed by atoms with E-state index < -0.39 is 41.7 Å². The Labute approximate surface area is 209 Å². The molecule has 1 aliphatic heterocycles. The molecule has 2 rings (SSSR count). The smallest absolute Gasteiger partial charge is 0.356 e. The van der Waals surface area contributed by atoms with Crippen LogP contribution in [0.3, 0.4) is 0 Å². The lowest BCUT2D eigenvalue weighted by Crippen LogP contribution is -2.53. The normalized spacial score (nSPS) is 18.7. The third kappa shape index (κ3) is 8.22. The minimum Gasteiger partial charge on any atom is -0.356 e. The minimum absolute atomic E-state index is 0.158. The molecule has 0 bridgehead atoms. The predicted molar refractivity (Wildman–Crippen MR) is 127 cm³/mol. The van der Waals surface area contributed by atoms with Crippen LogP contribution in [-0.2, 0) is 20.6 Å². The van der Waals surface area contributed by atoms with Gasteiger partial charge in [-0.3, -0.25) is 19.3 Å². The van der Waals surface area contributed by atoms with Crippen LogP contribution < -0.4 is 16.0 Å². The zero-order valence-corrected chi connectivity index (χ0v) is 21.2. The van der Waals surface area contributed by atoms with E-state index in [0.29, 0.717) is 18.5 Å². The van der Waals surface area contributed by atoms with Crippen LogP contribution in [0.15, 0.2) is 24.3 Å². The second kappa shape index (κ2) is 11.7. The van der Waals surface area contributed by atoms with Crippen LogP contribution in [0.25, 0.3) is 0 Å². The fraction of sp³-hybridized carbons (Fsp3) is 0.600. The zero-order chi connectivity index (χ0) is 27.3. The first kappa shape index (κ1) is 29.1. The largest absolute Gasteiger partial charge is 0.416 e. The zero-order valence-electron chi connectivity index (χ0n) is 21.2. The molecule has 0 spiro atoms. The summed E-state index contributed by atoms with van der Waals surface area (Å²) < 4.78 is 38.9. The Balaban J connectivity index is 2.21. The Morgan fingerprint density at radius 3 is 2.19 bits per heavy atom. The van der Waals surface area contributed by atoms with Crippen molar-refractivity contribution in [3.8, 4) is 6.07 Å². The lowest BCUT2D eigenvalue weighted by atomic mass is 9.87. The van der Waals surface area contributed by atoms with E-state index in [0.717, 1.165) is 12.1 Å². The maximum absolute atomic E-state index is 13.3. The highest BCUT2D eigenvalue weighted by Crippen LogP contribution is 2.31. The van der Waals surface area contributed by atoms with Crippen LogP contribution in [-0.4, -0.2) is 55.3 Å². The number of hydrogen-bond donors (Lipinski definition) is 3. The van der Waals surface area contributed by atoms with Gasteiger partial charge in [0, 0.05) is 12.5 Å². The highest BCUT2D eigenvalue weighted by Gasteiger charge is 2.34. The average Bonchev–Trinajstić information content (AvgIpc) is 3.15. The molecule has 1 aromatic rings. The standard InChI is InChI=1S/C25H34F3N5O3/c1-24(2,3)13-19(22(35)31-18(14-29)12-16-10-11-30-21(16)34)32-23(36)20(33(4)5)15-6-8-17(9-7-15)25(26,27)28/h6-9,16,18-20H,10-13H2,1-5H3,(H,30,34)(H,31,35)(H,32,36)/t16-,18-,19-,20+/m0/s1. The van der Waals surface area contributed by atoms with Gasteiger partial charge >= 0.3 is 6.18 Å². The molecule has 1 heterocycles. The molecule has 8 nitrogen and oxygen atoms in total. The summed E-state index contributed by atoms with van der Waals surface area (Å²) in [6.45, 7) is 6.20. The van der Waals surface area contributed by atoms with Crippen molar-refractivity contribution in [1.29, 1.82) is 5.26 Å². The lowest BCUT2D eigenvalue weighted by molar-refractivity contribution is -0.137. The van der Waals surface area contributed by atoms with E-state index in [1.54, 1.807) is 19.0 Å². The molecule has 0 aliphatic carbocycles. The number of benzene rings is 1. The summed E-state index contributed by atoms with van der Waals surface area (Å²) in [5.41, 5.74) is -0.861. The van der Waals surface area contributed by atoms with Crippen molar-refractivity contribution in [3.63, 3.8) is 0 Å². The topological polar surface area (TPSA) is 114 Å². The second-order valence-electron chi connectivity index (χ2n) is 10.5. The Morgan fingerprint density at radius 1 is 1.14 bits per heavy atom. The Morgan fingerprint density at radius 2 is 1.75 bits per heavy atom. The monoisotopic (exact) mass is 509 g/mol. The van der Waals surface area contributed by atoms with Crippen molar-refractivity contribution in [3.05, 3.63) is 35.4 Å². The quantitative estimate of drug-likeness (QED) is 0.474. The van der Waals surface area contributed by atoms with Gasteiger partial charge < -0.3 is 16.0 Å². The number of carbonyl (C=O) groups is 3. The number of halogens is 3. The molecule has 3 N–H and O–H groups in total. The summed E-state index contributed by atoms with van der Waals surface area (Å²) in [5.74, 6) is -1.65. The van der Waals surface area contributed by atoms with Gasteiger partial charge in [-0.25, -0.2) is 0 Å². The van der Waals surface area contributed by atoms with E-state index in [1.807, 2.05) is 26.8 Å². The third-order valence-electron chi connectivity index (χ3n) is 5.92. The fourth-order valence-corrected chi connectivity index (χ4v) is 4.18. The van der Waals surface area contributed by atoms with Gasteiger partial charge in [-0.05, 0) is 56.5 Å². The van der Waals surface area contributed by atoms with Crippen molar-refractivity contribution in [1.82, 2.24) is 20.9 Å². The number of nitrogens with one attached hydrogen (secondary N) is 3. The molecule has 11 heteroatoms. The summed E-state index contributed by atoms with van der Waals surface area (Å²) in [6.07, 6.45) is -3.51. The Bertz CT molecular complexity index is 981. The van der Waals surface area contributed by atoms with Crippen LogP contribution in [0.4, 0.5) is 13.2 Å². The minimum atomic E-state index is -4.50. The van der Waals surface area contributed by atoms with Crippen LogP contribution in [0, 0.1) is 22.7 Å². The van der Waals surface area contributed by atoms with Crippen molar-refractivity contribution in [2.75, 3.05) is 20.6 Å². The van der Waals surface area contributed by atoms with Crippen molar-refractivity contribution < 1.29 is 27.6 Å². The molecule has 0 aromatic heterocycles. The van der Waals surface area contributed by atoms with E-state index in [1.165, 1.54) is 12.1 Å². The first-order valence-corrected chi connectivity index (χ1v) is 11.7. The number of nitriles is 1. The molecule has 0 radical (unpaired) electrons. The molecule has 198 valence electrons. The Hall–Kier alpha value is -3.13. The predicted octanol–water partition coefficient (Wildman–Crippen LogP) is 2.76. The van der Waals surface area contributed by atoms with E-state index in [4.69, 9.17) is 0 Å². The van der Waals surface area contributed by atoms with Gasteiger partial charge in [0.15, 0.2) is 0 Å². The third-order valence-corrected chi connectivity index (χ3v) is 5.92. The second-order valence-corrected chi connectivity index (χ2v) is 10.5. The molecule has 1 aromatic carbocycles. The Kier molecular flexibility index (Phi) is 9.49. The van der Waals surface area contributed by atoms with Gasteiger partial charge in [0.2, 0.25) is 17.7 Å². The van der Waals surface area contributed by atoms with Crippen LogP contribution in [0.2, 0.25) is 0 Å². The molecule has 1 fully saturated rings. The summed E-state index contributed by atoms with van der Waals surface area (Å²) in [6, 6.07) is 3.46.